The Morgan fingerprint density at radius 1 is 1.64 bits per heavy atom. The van der Waals surface area contributed by atoms with E-state index in [0.717, 1.165) is 0 Å². The molecule has 0 bridgehead atoms. The molecule has 0 aliphatic rings. The van der Waals surface area contributed by atoms with E-state index in [1.807, 2.05) is 0 Å². The molecule has 0 saturated carbocycles. The van der Waals surface area contributed by atoms with Gasteiger partial charge in [-0.1, -0.05) is 0 Å². The van der Waals surface area contributed by atoms with Crippen LogP contribution in [0.3, 0.4) is 0 Å². The average molecular weight is 195 g/mol. The van der Waals surface area contributed by atoms with Gasteiger partial charge in [0, 0.05) is 11.6 Å². The topological polar surface area (TPSA) is 102 Å². The molecule has 0 saturated heterocycles. The van der Waals surface area contributed by atoms with E-state index in [1.165, 1.54) is 25.3 Å². The maximum atomic E-state index is 10.5. The van der Waals surface area contributed by atoms with Crippen molar-refractivity contribution in [2.45, 2.75) is 0 Å². The van der Waals surface area contributed by atoms with Gasteiger partial charge >= 0.3 is 0 Å². The lowest BCUT2D eigenvalue weighted by atomic mass is 10.2. The average Bonchev–Trinajstić information content (AvgIpc) is 2.17. The van der Waals surface area contributed by atoms with Crippen molar-refractivity contribution in [1.29, 1.82) is 5.41 Å². The maximum absolute atomic E-state index is 10.5. The summed E-state index contributed by atoms with van der Waals surface area (Å²) in [6.45, 7) is 0. The van der Waals surface area contributed by atoms with Gasteiger partial charge < -0.3 is 10.5 Å². The zero-order valence-electron chi connectivity index (χ0n) is 7.48. The molecule has 0 aromatic heterocycles. The summed E-state index contributed by atoms with van der Waals surface area (Å²) in [5.41, 5.74) is 5.56. The molecule has 74 valence electrons. The number of methoxy groups -OCH3 is 1. The minimum atomic E-state index is -0.595. The third kappa shape index (κ3) is 1.79. The third-order valence-corrected chi connectivity index (χ3v) is 1.69. The summed E-state index contributed by atoms with van der Waals surface area (Å²) in [5.74, 6) is -0.131. The number of nitrogen functional groups attached to an aromatic ring is 1. The Balaban J connectivity index is 3.19. The minimum absolute atomic E-state index is 0.0719. The van der Waals surface area contributed by atoms with Crippen molar-refractivity contribution in [3.63, 3.8) is 0 Å². The number of nitrogens with one attached hydrogen (secondary N) is 1. The molecular weight excluding hydrogens is 186 g/mol. The second-order valence-electron chi connectivity index (χ2n) is 2.56. The van der Waals surface area contributed by atoms with Crippen LogP contribution in [0.25, 0.3) is 0 Å². The molecule has 0 fully saturated rings. The predicted molar refractivity (Wildman–Crippen MR) is 51.3 cm³/mol. The SMILES string of the molecule is COC(=N)c1ccc(N)c([N+](=O)[O-])c1. The summed E-state index contributed by atoms with van der Waals surface area (Å²) >= 11 is 0. The zero-order valence-corrected chi connectivity index (χ0v) is 7.48. The molecular formula is C8H9N3O3. The van der Waals surface area contributed by atoms with Gasteiger partial charge in [0.2, 0.25) is 5.90 Å². The molecule has 1 aromatic carbocycles. The molecule has 14 heavy (non-hydrogen) atoms. The van der Waals surface area contributed by atoms with Gasteiger partial charge in [0.05, 0.1) is 12.0 Å². The van der Waals surface area contributed by atoms with Crippen LogP contribution in [0.1, 0.15) is 5.56 Å². The fourth-order valence-electron chi connectivity index (χ4n) is 0.961. The first-order chi connectivity index (χ1) is 6.56. The van der Waals surface area contributed by atoms with Crippen molar-refractivity contribution in [2.75, 3.05) is 12.8 Å². The molecule has 3 N–H and O–H groups in total. The summed E-state index contributed by atoms with van der Waals surface area (Å²) in [6, 6.07) is 4.08. The van der Waals surface area contributed by atoms with E-state index in [9.17, 15) is 10.1 Å². The number of nitrogens with zero attached hydrogens (tertiary/aromatic N) is 1. The van der Waals surface area contributed by atoms with Crippen molar-refractivity contribution in [3.05, 3.63) is 33.9 Å². The fourth-order valence-corrected chi connectivity index (χ4v) is 0.961. The minimum Gasteiger partial charge on any atom is -0.481 e. The number of rotatable bonds is 2. The first-order valence-corrected chi connectivity index (χ1v) is 3.73. The summed E-state index contributed by atoms with van der Waals surface area (Å²) in [6.07, 6.45) is 0. The Bertz CT molecular complexity index is 389. The maximum Gasteiger partial charge on any atom is 0.292 e. The number of nitrogens with two attached hydrogens (primary N) is 1. The van der Waals surface area contributed by atoms with Crippen LogP contribution in [-0.2, 0) is 4.74 Å². The van der Waals surface area contributed by atoms with Crippen LogP contribution in [0.5, 0.6) is 0 Å². The molecule has 0 atom stereocenters. The largest absolute Gasteiger partial charge is 0.481 e. The monoisotopic (exact) mass is 195 g/mol. The summed E-state index contributed by atoms with van der Waals surface area (Å²) in [5, 5.41) is 17.8. The van der Waals surface area contributed by atoms with Crippen molar-refractivity contribution in [3.8, 4) is 0 Å². The molecule has 0 spiro atoms. The first kappa shape index (κ1) is 9.97. The van der Waals surface area contributed by atoms with Gasteiger partial charge in [-0.05, 0) is 12.1 Å². The van der Waals surface area contributed by atoms with Crippen molar-refractivity contribution in [1.82, 2.24) is 0 Å². The normalized spacial score (nSPS) is 9.50. The molecule has 6 nitrogen and oxygen atoms in total. The van der Waals surface area contributed by atoms with Gasteiger partial charge in [-0.15, -0.1) is 0 Å². The van der Waals surface area contributed by atoms with Crippen LogP contribution in [-0.4, -0.2) is 17.9 Å². The summed E-state index contributed by atoms with van der Waals surface area (Å²) < 4.78 is 4.63. The number of nitro groups is 1. The van der Waals surface area contributed by atoms with Crippen LogP contribution < -0.4 is 5.73 Å². The van der Waals surface area contributed by atoms with E-state index in [-0.39, 0.29) is 17.3 Å². The molecule has 0 unspecified atom stereocenters. The number of hydrogen-bond acceptors (Lipinski definition) is 5. The number of ether oxygens (including phenoxy) is 1. The molecule has 0 heterocycles. The standard InChI is InChI=1S/C8H9N3O3/c1-14-8(10)5-2-3-6(9)7(4-5)11(12)13/h2-4,10H,9H2,1H3. The highest BCUT2D eigenvalue weighted by Gasteiger charge is 2.13. The molecule has 0 radical (unpaired) electrons. The Hall–Kier alpha value is -2.11. The third-order valence-electron chi connectivity index (χ3n) is 1.69. The molecule has 0 aliphatic carbocycles. The fraction of sp³-hybridized carbons (Fsp3) is 0.125. The molecule has 0 amide bonds. The second kappa shape index (κ2) is 3.73. The van der Waals surface area contributed by atoms with E-state index in [1.54, 1.807) is 0 Å². The van der Waals surface area contributed by atoms with Crippen LogP contribution in [0.4, 0.5) is 11.4 Å². The van der Waals surface area contributed by atoms with Gasteiger partial charge in [-0.25, -0.2) is 0 Å². The molecule has 6 heteroatoms. The predicted octanol–water partition coefficient (Wildman–Crippen LogP) is 1.15. The lowest BCUT2D eigenvalue weighted by molar-refractivity contribution is -0.383. The zero-order chi connectivity index (χ0) is 10.7. The lowest BCUT2D eigenvalue weighted by Gasteiger charge is -2.02. The Morgan fingerprint density at radius 3 is 2.79 bits per heavy atom. The number of hydrogen-bond donors (Lipinski definition) is 2. The van der Waals surface area contributed by atoms with Gasteiger partial charge in [0.25, 0.3) is 5.69 Å². The second-order valence-corrected chi connectivity index (χ2v) is 2.56. The van der Waals surface area contributed by atoms with Crippen LogP contribution in [0, 0.1) is 15.5 Å². The number of anilines is 1. The highest BCUT2D eigenvalue weighted by Crippen LogP contribution is 2.22. The van der Waals surface area contributed by atoms with E-state index in [4.69, 9.17) is 11.1 Å². The summed E-state index contributed by atoms with van der Waals surface area (Å²) in [4.78, 5) is 9.90. The van der Waals surface area contributed by atoms with Gasteiger partial charge in [-0.2, -0.15) is 0 Å². The van der Waals surface area contributed by atoms with Gasteiger partial charge in [0.15, 0.2) is 0 Å². The van der Waals surface area contributed by atoms with E-state index in [2.05, 4.69) is 4.74 Å². The van der Waals surface area contributed by atoms with Gasteiger partial charge in [-0.3, -0.25) is 15.5 Å². The van der Waals surface area contributed by atoms with E-state index in [0.29, 0.717) is 5.56 Å². The van der Waals surface area contributed by atoms with Crippen molar-refractivity contribution < 1.29 is 9.66 Å². The van der Waals surface area contributed by atoms with Crippen molar-refractivity contribution >= 4 is 17.3 Å². The summed E-state index contributed by atoms with van der Waals surface area (Å²) in [7, 11) is 1.32. The van der Waals surface area contributed by atoms with Crippen LogP contribution >= 0.6 is 0 Å². The molecule has 1 rings (SSSR count). The highest BCUT2D eigenvalue weighted by atomic mass is 16.6. The van der Waals surface area contributed by atoms with Crippen molar-refractivity contribution in [2.24, 2.45) is 0 Å². The molecule has 0 aliphatic heterocycles. The lowest BCUT2D eigenvalue weighted by Crippen LogP contribution is -2.03. The number of nitro benzene ring substituents is 1. The molecule has 1 aromatic rings. The highest BCUT2D eigenvalue weighted by molar-refractivity contribution is 5.93. The van der Waals surface area contributed by atoms with E-state index >= 15 is 0 Å². The van der Waals surface area contributed by atoms with Crippen LogP contribution in [0.15, 0.2) is 18.2 Å². The van der Waals surface area contributed by atoms with E-state index < -0.39 is 4.92 Å². The number of benzene rings is 1. The smallest absolute Gasteiger partial charge is 0.292 e. The quantitative estimate of drug-likeness (QED) is 0.243. The van der Waals surface area contributed by atoms with Gasteiger partial charge in [0.1, 0.15) is 5.69 Å². The first-order valence-electron chi connectivity index (χ1n) is 3.73. The Kier molecular flexibility index (Phi) is 2.66. The Morgan fingerprint density at radius 2 is 2.29 bits per heavy atom. The Labute approximate surface area is 80.0 Å². The van der Waals surface area contributed by atoms with Crippen LogP contribution in [0.2, 0.25) is 0 Å².